The molecule has 6 nitrogen and oxygen atoms in total. The van der Waals surface area contributed by atoms with Crippen molar-refractivity contribution in [3.63, 3.8) is 0 Å². The van der Waals surface area contributed by atoms with Gasteiger partial charge in [-0.05, 0) is 23.8 Å². The second kappa shape index (κ2) is 7.26. The van der Waals surface area contributed by atoms with Gasteiger partial charge in [0.25, 0.3) is 5.91 Å². The molecule has 2 amide bonds. The van der Waals surface area contributed by atoms with Crippen LogP contribution in [0.1, 0.15) is 26.3 Å². The number of fused-ring (bicyclic) bond motifs is 1. The molecule has 0 unspecified atom stereocenters. The highest BCUT2D eigenvalue weighted by Crippen LogP contribution is 2.19. The van der Waals surface area contributed by atoms with Crippen LogP contribution >= 0.6 is 0 Å². The first kappa shape index (κ1) is 17.5. The first-order valence-electron chi connectivity index (χ1n) is 7.83. The monoisotopic (exact) mass is 355 g/mol. The van der Waals surface area contributed by atoms with Crippen LogP contribution in [0.2, 0.25) is 0 Å². The first-order valence-corrected chi connectivity index (χ1v) is 7.83. The number of rotatable bonds is 5. The van der Waals surface area contributed by atoms with Gasteiger partial charge in [-0.1, -0.05) is 30.3 Å². The molecule has 0 bridgehead atoms. The van der Waals surface area contributed by atoms with Crippen molar-refractivity contribution in [3.05, 3.63) is 71.0 Å². The fourth-order valence-electron chi connectivity index (χ4n) is 2.65. The highest BCUT2D eigenvalue weighted by atomic mass is 19.1. The molecule has 0 aromatic heterocycles. The molecule has 0 spiro atoms. The number of halogens is 1. The quantitative estimate of drug-likeness (QED) is 0.464. The highest BCUT2D eigenvalue weighted by Gasteiger charge is 2.32. The van der Waals surface area contributed by atoms with Gasteiger partial charge in [0.2, 0.25) is 11.7 Å². The number of hydrogen-bond donors (Lipinski definition) is 0. The molecule has 1 aliphatic heterocycles. The fourth-order valence-corrected chi connectivity index (χ4v) is 2.65. The Morgan fingerprint density at radius 2 is 1.73 bits per heavy atom. The number of esters is 1. The summed E-state index contributed by atoms with van der Waals surface area (Å²) in [6.07, 6.45) is 0.00332. The molecule has 0 saturated carbocycles. The fraction of sp³-hybridized carbons (Fsp3) is 0.158. The molecule has 0 atom stereocenters. The van der Waals surface area contributed by atoms with E-state index in [-0.39, 0.29) is 12.0 Å². The predicted octanol–water partition coefficient (Wildman–Crippen LogP) is 1.78. The van der Waals surface area contributed by atoms with Gasteiger partial charge in [0.15, 0.2) is 6.61 Å². The van der Waals surface area contributed by atoms with Crippen molar-refractivity contribution in [3.8, 4) is 0 Å². The van der Waals surface area contributed by atoms with Gasteiger partial charge in [-0.25, -0.2) is 4.39 Å². The van der Waals surface area contributed by atoms with Crippen LogP contribution in [0.25, 0.3) is 0 Å². The van der Waals surface area contributed by atoms with E-state index in [0.29, 0.717) is 11.1 Å². The highest BCUT2D eigenvalue weighted by molar-refractivity contribution is 6.11. The van der Waals surface area contributed by atoms with Crippen LogP contribution in [0.5, 0.6) is 0 Å². The Morgan fingerprint density at radius 3 is 2.50 bits per heavy atom. The zero-order chi connectivity index (χ0) is 18.7. The molecule has 132 valence electrons. The standard InChI is InChI=1S/C19H14FNO5/c20-15-8-4-3-7-14(15)16(22)11-26-18(24)10-21-17(23)9-12-5-1-2-6-13(12)19(21)25/h1-8H,9-11H2. The van der Waals surface area contributed by atoms with Crippen LogP contribution in [0.4, 0.5) is 4.39 Å². The normalized spacial score (nSPS) is 13.3. The molecule has 26 heavy (non-hydrogen) atoms. The minimum Gasteiger partial charge on any atom is -0.456 e. The summed E-state index contributed by atoms with van der Waals surface area (Å²) in [6, 6.07) is 12.0. The van der Waals surface area contributed by atoms with Gasteiger partial charge in [0.05, 0.1) is 12.0 Å². The molecular weight excluding hydrogens is 341 g/mol. The third-order valence-corrected chi connectivity index (χ3v) is 3.96. The second-order valence-corrected chi connectivity index (χ2v) is 5.68. The average molecular weight is 355 g/mol. The summed E-state index contributed by atoms with van der Waals surface area (Å²) in [6.45, 7) is -1.27. The molecule has 2 aromatic rings. The van der Waals surface area contributed by atoms with Crippen molar-refractivity contribution in [2.75, 3.05) is 13.2 Å². The number of benzene rings is 2. The summed E-state index contributed by atoms with van der Waals surface area (Å²) < 4.78 is 18.3. The van der Waals surface area contributed by atoms with Crippen LogP contribution in [0.3, 0.4) is 0 Å². The summed E-state index contributed by atoms with van der Waals surface area (Å²) in [5.74, 6) is -3.46. The van der Waals surface area contributed by atoms with Gasteiger partial charge < -0.3 is 4.74 Å². The Balaban J connectivity index is 1.62. The Kier molecular flexibility index (Phi) is 4.88. The van der Waals surface area contributed by atoms with E-state index in [0.717, 1.165) is 11.0 Å². The molecule has 1 heterocycles. The molecule has 0 radical (unpaired) electrons. The van der Waals surface area contributed by atoms with E-state index in [1.165, 1.54) is 18.2 Å². The number of amides is 2. The molecule has 0 aliphatic carbocycles. The van der Waals surface area contributed by atoms with Gasteiger partial charge in [-0.2, -0.15) is 0 Å². The van der Waals surface area contributed by atoms with Gasteiger partial charge in [-0.3, -0.25) is 24.1 Å². The largest absolute Gasteiger partial charge is 0.456 e. The number of carbonyl (C=O) groups is 4. The predicted molar refractivity (Wildman–Crippen MR) is 87.9 cm³/mol. The third kappa shape index (κ3) is 3.51. The summed E-state index contributed by atoms with van der Waals surface area (Å²) in [7, 11) is 0. The number of imide groups is 1. The maximum absolute atomic E-state index is 13.5. The molecule has 1 aliphatic rings. The molecular formula is C19H14FNO5. The smallest absolute Gasteiger partial charge is 0.326 e. The molecule has 7 heteroatoms. The van der Waals surface area contributed by atoms with E-state index >= 15 is 0 Å². The second-order valence-electron chi connectivity index (χ2n) is 5.68. The lowest BCUT2D eigenvalue weighted by Gasteiger charge is -2.25. The number of carbonyl (C=O) groups excluding carboxylic acids is 4. The molecule has 0 saturated heterocycles. The van der Waals surface area contributed by atoms with Crippen molar-refractivity contribution in [2.24, 2.45) is 0 Å². The number of ketones is 1. The van der Waals surface area contributed by atoms with E-state index in [9.17, 15) is 23.6 Å². The zero-order valence-corrected chi connectivity index (χ0v) is 13.6. The van der Waals surface area contributed by atoms with Gasteiger partial charge >= 0.3 is 5.97 Å². The lowest BCUT2D eigenvalue weighted by Crippen LogP contribution is -2.45. The van der Waals surface area contributed by atoms with Gasteiger partial charge in [0, 0.05) is 5.56 Å². The van der Waals surface area contributed by atoms with Crippen LogP contribution in [0, 0.1) is 5.82 Å². The van der Waals surface area contributed by atoms with Crippen molar-refractivity contribution < 1.29 is 28.3 Å². The SMILES string of the molecule is O=C(CN1C(=O)Cc2ccccc2C1=O)OCC(=O)c1ccccc1F. The maximum Gasteiger partial charge on any atom is 0.326 e. The Labute approximate surface area is 148 Å². The van der Waals surface area contributed by atoms with E-state index in [1.807, 2.05) is 0 Å². The van der Waals surface area contributed by atoms with E-state index in [4.69, 9.17) is 4.74 Å². The van der Waals surface area contributed by atoms with E-state index < -0.39 is 42.5 Å². The van der Waals surface area contributed by atoms with Crippen molar-refractivity contribution in [1.82, 2.24) is 4.90 Å². The molecule has 2 aromatic carbocycles. The lowest BCUT2D eigenvalue weighted by molar-refractivity contribution is -0.146. The number of ether oxygens (including phenoxy) is 1. The minimum atomic E-state index is -0.921. The first-order chi connectivity index (χ1) is 12.5. The summed E-state index contributed by atoms with van der Waals surface area (Å²) in [5.41, 5.74) is 0.753. The maximum atomic E-state index is 13.5. The summed E-state index contributed by atoms with van der Waals surface area (Å²) in [5, 5.41) is 0. The lowest BCUT2D eigenvalue weighted by atomic mass is 9.98. The molecule has 0 N–H and O–H groups in total. The van der Waals surface area contributed by atoms with Crippen molar-refractivity contribution in [2.45, 2.75) is 6.42 Å². The van der Waals surface area contributed by atoms with E-state index in [2.05, 4.69) is 0 Å². The van der Waals surface area contributed by atoms with Crippen LogP contribution in [-0.4, -0.2) is 41.6 Å². The number of nitrogens with zero attached hydrogens (tertiary/aromatic N) is 1. The van der Waals surface area contributed by atoms with Crippen molar-refractivity contribution in [1.29, 1.82) is 0 Å². The van der Waals surface area contributed by atoms with Crippen LogP contribution in [0.15, 0.2) is 48.5 Å². The minimum absolute atomic E-state index is 0.00332. The zero-order valence-electron chi connectivity index (χ0n) is 13.6. The Hall–Kier alpha value is -3.35. The topological polar surface area (TPSA) is 80.8 Å². The third-order valence-electron chi connectivity index (χ3n) is 3.96. The van der Waals surface area contributed by atoms with Crippen LogP contribution in [-0.2, 0) is 20.7 Å². The number of Topliss-reactive ketones (excluding diaryl/α,β-unsaturated/α-hetero) is 1. The van der Waals surface area contributed by atoms with Crippen LogP contribution < -0.4 is 0 Å². The van der Waals surface area contributed by atoms with Gasteiger partial charge in [0.1, 0.15) is 12.4 Å². The van der Waals surface area contributed by atoms with Crippen molar-refractivity contribution >= 4 is 23.6 Å². The van der Waals surface area contributed by atoms with E-state index in [1.54, 1.807) is 24.3 Å². The van der Waals surface area contributed by atoms with Gasteiger partial charge in [-0.15, -0.1) is 0 Å². The average Bonchev–Trinajstić information content (AvgIpc) is 2.63. The Morgan fingerprint density at radius 1 is 1.04 bits per heavy atom. The summed E-state index contributed by atoms with van der Waals surface area (Å²) in [4.78, 5) is 49.0. The number of hydrogen-bond acceptors (Lipinski definition) is 5. The summed E-state index contributed by atoms with van der Waals surface area (Å²) >= 11 is 0. The molecule has 0 fully saturated rings. The molecule has 3 rings (SSSR count). The Bertz CT molecular complexity index is 908.